The molecule has 3 heterocycles. The third kappa shape index (κ3) is 4.83. The van der Waals surface area contributed by atoms with Crippen molar-refractivity contribution in [3.63, 3.8) is 0 Å². The molecule has 0 bridgehead atoms. The summed E-state index contributed by atoms with van der Waals surface area (Å²) in [4.78, 5) is 28.8. The zero-order chi connectivity index (χ0) is 20.8. The van der Waals surface area contributed by atoms with Crippen molar-refractivity contribution in [2.75, 3.05) is 6.54 Å². The van der Waals surface area contributed by atoms with Crippen LogP contribution >= 0.6 is 0 Å². The maximum Gasteiger partial charge on any atom is 0.315 e. The summed E-state index contributed by atoms with van der Waals surface area (Å²) in [5, 5.41) is 13.1. The predicted octanol–water partition coefficient (Wildman–Crippen LogP) is 1.67. The number of hydrogen-bond acceptors (Lipinski definition) is 4. The van der Waals surface area contributed by atoms with Crippen molar-refractivity contribution in [3.8, 4) is 0 Å². The first kappa shape index (κ1) is 19.6. The molecule has 1 aromatic carbocycles. The molecule has 0 unspecified atom stereocenters. The van der Waals surface area contributed by atoms with Crippen molar-refractivity contribution < 1.29 is 9.59 Å². The van der Waals surface area contributed by atoms with Gasteiger partial charge in [-0.25, -0.2) is 4.79 Å². The van der Waals surface area contributed by atoms with Gasteiger partial charge in [-0.05, 0) is 23.6 Å². The van der Waals surface area contributed by atoms with E-state index in [0.717, 1.165) is 17.7 Å². The van der Waals surface area contributed by atoms with Crippen LogP contribution in [0.1, 0.15) is 27.2 Å². The van der Waals surface area contributed by atoms with Gasteiger partial charge in [-0.3, -0.25) is 14.5 Å². The van der Waals surface area contributed by atoms with E-state index in [9.17, 15) is 9.59 Å². The summed E-state index contributed by atoms with van der Waals surface area (Å²) in [6.45, 7) is 1.52. The van der Waals surface area contributed by atoms with E-state index in [1.807, 2.05) is 42.5 Å². The van der Waals surface area contributed by atoms with Gasteiger partial charge in [0.2, 0.25) is 0 Å². The SMILES string of the molecule is O=C(NCCc1ccccc1)N[C@H]1Cc2c(C(=O)NCc3cccnc3)cnn2C1. The van der Waals surface area contributed by atoms with E-state index in [-0.39, 0.29) is 18.0 Å². The molecule has 3 amide bonds. The van der Waals surface area contributed by atoms with Crippen LogP contribution in [0.3, 0.4) is 0 Å². The molecule has 3 aromatic rings. The fourth-order valence-electron chi connectivity index (χ4n) is 3.56. The Morgan fingerprint density at radius 2 is 1.87 bits per heavy atom. The van der Waals surface area contributed by atoms with E-state index < -0.39 is 0 Å². The quantitative estimate of drug-likeness (QED) is 0.558. The van der Waals surface area contributed by atoms with E-state index in [4.69, 9.17) is 0 Å². The number of urea groups is 1. The Bertz CT molecular complexity index is 1000. The monoisotopic (exact) mass is 404 g/mol. The highest BCUT2D eigenvalue weighted by molar-refractivity contribution is 5.95. The molecule has 3 N–H and O–H groups in total. The third-order valence-corrected chi connectivity index (χ3v) is 5.08. The maximum atomic E-state index is 12.6. The van der Waals surface area contributed by atoms with Crippen LogP contribution < -0.4 is 16.0 Å². The number of benzene rings is 1. The van der Waals surface area contributed by atoms with E-state index >= 15 is 0 Å². The van der Waals surface area contributed by atoms with E-state index in [1.165, 1.54) is 5.56 Å². The predicted molar refractivity (Wildman–Crippen MR) is 112 cm³/mol. The smallest absolute Gasteiger partial charge is 0.315 e. The molecule has 1 aliphatic rings. The van der Waals surface area contributed by atoms with Crippen LogP contribution in [0.25, 0.3) is 0 Å². The molecule has 0 saturated carbocycles. The highest BCUT2D eigenvalue weighted by atomic mass is 16.2. The lowest BCUT2D eigenvalue weighted by Gasteiger charge is -2.13. The second-order valence-corrected chi connectivity index (χ2v) is 7.27. The second kappa shape index (κ2) is 9.21. The van der Waals surface area contributed by atoms with Gasteiger partial charge in [0.15, 0.2) is 0 Å². The van der Waals surface area contributed by atoms with E-state index in [2.05, 4.69) is 26.0 Å². The van der Waals surface area contributed by atoms with Crippen molar-refractivity contribution in [2.24, 2.45) is 0 Å². The van der Waals surface area contributed by atoms with Crippen LogP contribution in [-0.2, 0) is 25.9 Å². The number of nitrogens with zero attached hydrogens (tertiary/aromatic N) is 3. The van der Waals surface area contributed by atoms with Crippen molar-refractivity contribution in [2.45, 2.75) is 32.0 Å². The topological polar surface area (TPSA) is 101 Å². The Morgan fingerprint density at radius 1 is 1.03 bits per heavy atom. The summed E-state index contributed by atoms with van der Waals surface area (Å²) in [6.07, 6.45) is 6.35. The molecule has 0 spiro atoms. The summed E-state index contributed by atoms with van der Waals surface area (Å²) in [6, 6.07) is 13.5. The molecule has 0 radical (unpaired) electrons. The van der Waals surface area contributed by atoms with Crippen LogP contribution in [0.15, 0.2) is 61.1 Å². The number of nitrogens with one attached hydrogen (secondary N) is 3. The molecule has 30 heavy (non-hydrogen) atoms. The van der Waals surface area contributed by atoms with E-state index in [1.54, 1.807) is 23.3 Å². The van der Waals surface area contributed by atoms with Gasteiger partial charge in [0.25, 0.3) is 5.91 Å². The van der Waals surface area contributed by atoms with Gasteiger partial charge in [0.1, 0.15) is 0 Å². The lowest BCUT2D eigenvalue weighted by Crippen LogP contribution is -2.43. The summed E-state index contributed by atoms with van der Waals surface area (Å²) < 4.78 is 1.79. The largest absolute Gasteiger partial charge is 0.348 e. The van der Waals surface area contributed by atoms with Gasteiger partial charge in [-0.1, -0.05) is 36.4 Å². The molecule has 154 valence electrons. The fraction of sp³-hybridized carbons (Fsp3) is 0.273. The van der Waals surface area contributed by atoms with Gasteiger partial charge in [-0.15, -0.1) is 0 Å². The molecular weight excluding hydrogens is 380 g/mol. The Balaban J connectivity index is 1.25. The Morgan fingerprint density at radius 3 is 2.67 bits per heavy atom. The fourth-order valence-corrected chi connectivity index (χ4v) is 3.56. The number of carbonyl (C=O) groups is 2. The highest BCUT2D eigenvalue weighted by Crippen LogP contribution is 2.19. The average molecular weight is 404 g/mol. The van der Waals surface area contributed by atoms with Crippen LogP contribution in [0.5, 0.6) is 0 Å². The van der Waals surface area contributed by atoms with Crippen LogP contribution in [0.2, 0.25) is 0 Å². The first-order chi connectivity index (χ1) is 14.7. The van der Waals surface area contributed by atoms with Crippen LogP contribution in [0.4, 0.5) is 4.79 Å². The Labute approximate surface area is 174 Å². The summed E-state index contributed by atoms with van der Waals surface area (Å²) in [7, 11) is 0. The maximum absolute atomic E-state index is 12.6. The zero-order valence-corrected chi connectivity index (χ0v) is 16.5. The highest BCUT2D eigenvalue weighted by Gasteiger charge is 2.28. The number of aromatic nitrogens is 3. The molecule has 1 aliphatic heterocycles. The second-order valence-electron chi connectivity index (χ2n) is 7.27. The number of pyridine rings is 1. The molecule has 0 fully saturated rings. The van der Waals surface area contributed by atoms with Gasteiger partial charge < -0.3 is 16.0 Å². The summed E-state index contributed by atoms with van der Waals surface area (Å²) in [5.74, 6) is -0.173. The molecule has 0 saturated heterocycles. The van der Waals surface area contributed by atoms with Crippen molar-refractivity contribution in [3.05, 3.63) is 83.4 Å². The first-order valence-electron chi connectivity index (χ1n) is 9.99. The lowest BCUT2D eigenvalue weighted by molar-refractivity contribution is 0.0950. The first-order valence-corrected chi connectivity index (χ1v) is 9.99. The standard InChI is InChI=1S/C22H24N6O2/c29-21(25-13-17-7-4-9-23-12-17)19-14-26-28-15-18(11-20(19)28)27-22(30)24-10-8-16-5-2-1-3-6-16/h1-7,9,12,14,18H,8,10-11,13,15H2,(H,25,29)(H2,24,27,30)/t18-/m0/s1. The molecule has 4 rings (SSSR count). The normalized spacial score (nSPS) is 14.7. The van der Waals surface area contributed by atoms with Crippen LogP contribution in [-0.4, -0.2) is 39.3 Å². The molecule has 1 atom stereocenters. The van der Waals surface area contributed by atoms with Gasteiger partial charge in [0, 0.05) is 31.9 Å². The minimum Gasteiger partial charge on any atom is -0.348 e. The van der Waals surface area contributed by atoms with E-state index in [0.29, 0.717) is 31.6 Å². The third-order valence-electron chi connectivity index (χ3n) is 5.08. The van der Waals surface area contributed by atoms with Crippen LogP contribution in [0, 0.1) is 0 Å². The number of carbonyl (C=O) groups excluding carboxylic acids is 2. The molecule has 8 nitrogen and oxygen atoms in total. The molecule has 2 aromatic heterocycles. The average Bonchev–Trinajstić information content (AvgIpc) is 3.33. The number of rotatable bonds is 7. The minimum atomic E-state index is -0.204. The van der Waals surface area contributed by atoms with Crippen molar-refractivity contribution in [1.82, 2.24) is 30.7 Å². The summed E-state index contributed by atoms with van der Waals surface area (Å²) >= 11 is 0. The van der Waals surface area contributed by atoms with Gasteiger partial charge in [0.05, 0.1) is 30.0 Å². The minimum absolute atomic E-state index is 0.0877. The molecular formula is C22H24N6O2. The zero-order valence-electron chi connectivity index (χ0n) is 16.5. The number of fused-ring (bicyclic) bond motifs is 1. The molecule has 0 aliphatic carbocycles. The summed E-state index contributed by atoms with van der Waals surface area (Å²) in [5.41, 5.74) is 3.50. The van der Waals surface area contributed by atoms with Crippen molar-refractivity contribution >= 4 is 11.9 Å². The number of hydrogen-bond donors (Lipinski definition) is 3. The lowest BCUT2D eigenvalue weighted by atomic mass is 10.1. The Hall–Kier alpha value is -3.68. The number of amides is 3. The van der Waals surface area contributed by atoms with Gasteiger partial charge >= 0.3 is 6.03 Å². The van der Waals surface area contributed by atoms with Crippen molar-refractivity contribution in [1.29, 1.82) is 0 Å². The Kier molecular flexibility index (Phi) is 6.03. The molecule has 8 heteroatoms. The van der Waals surface area contributed by atoms with Gasteiger partial charge in [-0.2, -0.15) is 5.10 Å².